The van der Waals surface area contributed by atoms with Crippen molar-refractivity contribution in [2.75, 3.05) is 13.1 Å². The molecule has 1 aromatic carbocycles. The molecular formula is C15H19ClN2O2. The maximum atomic E-state index is 12.4. The number of amides is 1. The molecule has 0 radical (unpaired) electrons. The molecule has 4 nitrogen and oxygen atoms in total. The third-order valence-electron chi connectivity index (χ3n) is 3.90. The molecule has 0 atom stereocenters. The van der Waals surface area contributed by atoms with Crippen molar-refractivity contribution < 1.29 is 9.53 Å². The van der Waals surface area contributed by atoms with E-state index in [0.29, 0.717) is 10.8 Å². The zero-order valence-corrected chi connectivity index (χ0v) is 12.1. The van der Waals surface area contributed by atoms with Gasteiger partial charge in [-0.3, -0.25) is 4.79 Å². The SMILES string of the molecule is O=C(NC1CCNCC1)C1(Oc2cccc(Cl)c2)CC1. The van der Waals surface area contributed by atoms with Crippen LogP contribution in [0.4, 0.5) is 0 Å². The number of nitrogens with one attached hydrogen (secondary N) is 2. The maximum Gasteiger partial charge on any atom is 0.264 e. The van der Waals surface area contributed by atoms with Crippen LogP contribution in [0.15, 0.2) is 24.3 Å². The lowest BCUT2D eigenvalue weighted by Gasteiger charge is -2.26. The summed E-state index contributed by atoms with van der Waals surface area (Å²) in [5, 5.41) is 7.03. The largest absolute Gasteiger partial charge is 0.477 e. The first-order valence-corrected chi connectivity index (χ1v) is 7.52. The van der Waals surface area contributed by atoms with E-state index in [9.17, 15) is 4.79 Å². The topological polar surface area (TPSA) is 50.4 Å². The number of carbonyl (C=O) groups is 1. The Morgan fingerprint density at radius 3 is 2.75 bits per heavy atom. The van der Waals surface area contributed by atoms with Crippen LogP contribution in [0, 0.1) is 0 Å². The van der Waals surface area contributed by atoms with Gasteiger partial charge >= 0.3 is 0 Å². The minimum absolute atomic E-state index is 0.0179. The van der Waals surface area contributed by atoms with Crippen molar-refractivity contribution in [3.8, 4) is 5.75 Å². The quantitative estimate of drug-likeness (QED) is 0.894. The van der Waals surface area contributed by atoms with E-state index >= 15 is 0 Å². The number of rotatable bonds is 4. The molecule has 1 saturated heterocycles. The van der Waals surface area contributed by atoms with Gasteiger partial charge in [0.25, 0.3) is 5.91 Å². The van der Waals surface area contributed by atoms with Crippen LogP contribution in [0.3, 0.4) is 0 Å². The molecule has 1 aromatic rings. The predicted molar refractivity (Wildman–Crippen MR) is 78.1 cm³/mol. The summed E-state index contributed by atoms with van der Waals surface area (Å²) in [6.07, 6.45) is 3.52. The lowest BCUT2D eigenvalue weighted by Crippen LogP contribution is -2.48. The summed E-state index contributed by atoms with van der Waals surface area (Å²) in [5.74, 6) is 0.680. The van der Waals surface area contributed by atoms with Gasteiger partial charge in [-0.25, -0.2) is 0 Å². The molecule has 1 heterocycles. The highest BCUT2D eigenvalue weighted by Crippen LogP contribution is 2.41. The van der Waals surface area contributed by atoms with Crippen molar-refractivity contribution in [3.63, 3.8) is 0 Å². The van der Waals surface area contributed by atoms with Gasteiger partial charge in [0.15, 0.2) is 5.60 Å². The molecule has 5 heteroatoms. The van der Waals surface area contributed by atoms with E-state index in [-0.39, 0.29) is 11.9 Å². The number of hydrogen-bond donors (Lipinski definition) is 2. The summed E-state index contributed by atoms with van der Waals surface area (Å²) in [6.45, 7) is 1.93. The summed E-state index contributed by atoms with van der Waals surface area (Å²) >= 11 is 5.94. The van der Waals surface area contributed by atoms with E-state index in [0.717, 1.165) is 38.8 Å². The summed E-state index contributed by atoms with van der Waals surface area (Å²) in [4.78, 5) is 12.4. The first-order valence-electron chi connectivity index (χ1n) is 7.14. The molecular weight excluding hydrogens is 276 g/mol. The summed E-state index contributed by atoms with van der Waals surface area (Å²) in [5.41, 5.74) is -0.671. The number of benzene rings is 1. The lowest BCUT2D eigenvalue weighted by atomic mass is 10.1. The Bertz CT molecular complexity index is 496. The van der Waals surface area contributed by atoms with E-state index in [1.54, 1.807) is 12.1 Å². The number of carbonyl (C=O) groups excluding carboxylic acids is 1. The highest BCUT2D eigenvalue weighted by molar-refractivity contribution is 6.30. The van der Waals surface area contributed by atoms with Gasteiger partial charge in [0.1, 0.15) is 5.75 Å². The fourth-order valence-electron chi connectivity index (χ4n) is 2.53. The zero-order valence-electron chi connectivity index (χ0n) is 11.3. The van der Waals surface area contributed by atoms with Crippen molar-refractivity contribution in [1.82, 2.24) is 10.6 Å². The highest BCUT2D eigenvalue weighted by Gasteiger charge is 2.53. The normalized spacial score (nSPS) is 21.2. The van der Waals surface area contributed by atoms with E-state index in [1.165, 1.54) is 0 Å². The minimum Gasteiger partial charge on any atom is -0.477 e. The Morgan fingerprint density at radius 1 is 1.35 bits per heavy atom. The molecule has 0 aromatic heterocycles. The van der Waals surface area contributed by atoms with E-state index in [2.05, 4.69) is 10.6 Å². The molecule has 0 unspecified atom stereocenters. The third kappa shape index (κ3) is 3.07. The Labute approximate surface area is 123 Å². The number of hydrogen-bond acceptors (Lipinski definition) is 3. The van der Waals surface area contributed by atoms with Crippen LogP contribution in [0.1, 0.15) is 25.7 Å². The van der Waals surface area contributed by atoms with E-state index in [1.807, 2.05) is 12.1 Å². The van der Waals surface area contributed by atoms with Gasteiger partial charge in [0, 0.05) is 23.9 Å². The fourth-order valence-corrected chi connectivity index (χ4v) is 2.71. The zero-order chi connectivity index (χ0) is 14.0. The monoisotopic (exact) mass is 294 g/mol. The van der Waals surface area contributed by atoms with Gasteiger partial charge in [-0.1, -0.05) is 17.7 Å². The summed E-state index contributed by atoms with van der Waals surface area (Å²) in [7, 11) is 0. The molecule has 108 valence electrons. The van der Waals surface area contributed by atoms with Gasteiger partial charge in [0.2, 0.25) is 0 Å². The predicted octanol–water partition coefficient (Wildman–Crippen LogP) is 2.12. The third-order valence-corrected chi connectivity index (χ3v) is 4.14. The van der Waals surface area contributed by atoms with Crippen LogP contribution in [-0.2, 0) is 4.79 Å². The summed E-state index contributed by atoms with van der Waals surface area (Å²) in [6, 6.07) is 7.48. The summed E-state index contributed by atoms with van der Waals surface area (Å²) < 4.78 is 5.88. The van der Waals surface area contributed by atoms with Crippen molar-refractivity contribution in [2.24, 2.45) is 0 Å². The van der Waals surface area contributed by atoms with E-state index in [4.69, 9.17) is 16.3 Å². The van der Waals surface area contributed by atoms with Gasteiger partial charge in [-0.15, -0.1) is 0 Å². The molecule has 1 aliphatic carbocycles. The Kier molecular flexibility index (Phi) is 3.85. The Balaban J connectivity index is 1.61. The number of piperidine rings is 1. The van der Waals surface area contributed by atoms with Crippen molar-refractivity contribution in [1.29, 1.82) is 0 Å². The van der Waals surface area contributed by atoms with Crippen molar-refractivity contribution in [3.05, 3.63) is 29.3 Å². The highest BCUT2D eigenvalue weighted by atomic mass is 35.5. The molecule has 2 fully saturated rings. The first kappa shape index (κ1) is 13.7. The fraction of sp³-hybridized carbons (Fsp3) is 0.533. The van der Waals surface area contributed by atoms with Crippen LogP contribution in [0.2, 0.25) is 5.02 Å². The molecule has 0 spiro atoms. The molecule has 3 rings (SSSR count). The molecule has 1 saturated carbocycles. The smallest absolute Gasteiger partial charge is 0.264 e. The van der Waals surface area contributed by atoms with Gasteiger partial charge in [-0.05, 0) is 44.1 Å². The molecule has 2 N–H and O–H groups in total. The minimum atomic E-state index is -0.671. The number of ether oxygens (including phenoxy) is 1. The standard InChI is InChI=1S/C15H19ClN2O2/c16-11-2-1-3-13(10-11)20-15(6-7-15)14(19)18-12-4-8-17-9-5-12/h1-3,10,12,17H,4-9H2,(H,18,19). The van der Waals surface area contributed by atoms with Gasteiger partial charge in [0.05, 0.1) is 0 Å². The number of halogens is 1. The average Bonchev–Trinajstić information content (AvgIpc) is 3.21. The van der Waals surface area contributed by atoms with Crippen LogP contribution in [0.25, 0.3) is 0 Å². The first-order chi connectivity index (χ1) is 9.68. The second kappa shape index (κ2) is 5.62. The average molecular weight is 295 g/mol. The van der Waals surface area contributed by atoms with Crippen molar-refractivity contribution in [2.45, 2.75) is 37.3 Å². The molecule has 1 aliphatic heterocycles. The molecule has 20 heavy (non-hydrogen) atoms. The second-order valence-electron chi connectivity index (χ2n) is 5.55. The maximum absolute atomic E-state index is 12.4. The lowest BCUT2D eigenvalue weighted by molar-refractivity contribution is -0.130. The Morgan fingerprint density at radius 2 is 2.10 bits per heavy atom. The molecule has 0 bridgehead atoms. The molecule has 1 amide bonds. The van der Waals surface area contributed by atoms with Crippen LogP contribution in [0.5, 0.6) is 5.75 Å². The van der Waals surface area contributed by atoms with Crippen molar-refractivity contribution >= 4 is 17.5 Å². The van der Waals surface area contributed by atoms with E-state index < -0.39 is 5.60 Å². The van der Waals surface area contributed by atoms with Crippen LogP contribution < -0.4 is 15.4 Å². The van der Waals surface area contributed by atoms with Gasteiger partial charge < -0.3 is 15.4 Å². The van der Waals surface area contributed by atoms with Gasteiger partial charge in [-0.2, -0.15) is 0 Å². The van der Waals surface area contributed by atoms with Crippen LogP contribution >= 0.6 is 11.6 Å². The Hall–Kier alpha value is -1.26. The molecule has 2 aliphatic rings. The van der Waals surface area contributed by atoms with Crippen LogP contribution in [-0.4, -0.2) is 30.6 Å². The second-order valence-corrected chi connectivity index (χ2v) is 5.99.